The number of aryl methyl sites for hydroxylation is 8. The predicted octanol–water partition coefficient (Wildman–Crippen LogP) is 9.64. The van der Waals surface area contributed by atoms with E-state index in [2.05, 4.69) is 125 Å². The van der Waals surface area contributed by atoms with Gasteiger partial charge in [0, 0.05) is 32.9 Å². The zero-order chi connectivity index (χ0) is 56.4. The summed E-state index contributed by atoms with van der Waals surface area (Å²) in [6.07, 6.45) is 2.59. The maximum absolute atomic E-state index is 6.06. The average Bonchev–Trinajstić information content (AvgIpc) is 4.20. The predicted molar refractivity (Wildman–Crippen MR) is 306 cm³/mol. The summed E-state index contributed by atoms with van der Waals surface area (Å²) in [6.45, 7) is 26.0. The van der Waals surface area contributed by atoms with Crippen molar-refractivity contribution in [2.24, 2.45) is 0 Å². The first kappa shape index (κ1) is 58.2. The van der Waals surface area contributed by atoms with Crippen molar-refractivity contribution < 1.29 is 18.9 Å². The van der Waals surface area contributed by atoms with E-state index in [9.17, 15) is 0 Å². The second kappa shape index (κ2) is 26.2. The van der Waals surface area contributed by atoms with E-state index in [1.807, 2.05) is 94.6 Å². The summed E-state index contributed by atoms with van der Waals surface area (Å²) in [5, 5.41) is 33.6. The van der Waals surface area contributed by atoms with Crippen LogP contribution in [0.5, 0.6) is 5.75 Å². The van der Waals surface area contributed by atoms with Crippen LogP contribution >= 0.6 is 11.6 Å². The molecule has 414 valence electrons. The fourth-order valence-electron chi connectivity index (χ4n) is 9.18. The first-order valence-corrected chi connectivity index (χ1v) is 26.5. The van der Waals surface area contributed by atoms with E-state index >= 15 is 0 Å². The Balaban J connectivity index is 0.000000170. The highest BCUT2D eigenvalue weighted by Crippen LogP contribution is 2.30. The average molecular weight is 1090 g/mol. The molecule has 0 saturated carbocycles. The fourth-order valence-corrected chi connectivity index (χ4v) is 9.40. The van der Waals surface area contributed by atoms with E-state index in [1.54, 1.807) is 30.7 Å². The Morgan fingerprint density at radius 1 is 0.551 bits per heavy atom. The number of hydrogen-bond acceptors (Lipinski definition) is 19. The van der Waals surface area contributed by atoms with Crippen molar-refractivity contribution in [2.45, 2.75) is 121 Å². The van der Waals surface area contributed by atoms with E-state index in [0.29, 0.717) is 87.4 Å². The molecule has 0 amide bonds. The van der Waals surface area contributed by atoms with Crippen molar-refractivity contribution >= 4 is 62.5 Å². The van der Waals surface area contributed by atoms with Crippen molar-refractivity contribution in [1.29, 1.82) is 0 Å². The molecular formula is C55H73ClN18O4. The Hall–Kier alpha value is -7.53. The lowest BCUT2D eigenvalue weighted by Crippen LogP contribution is -2.34. The summed E-state index contributed by atoms with van der Waals surface area (Å²) in [4.78, 5) is 29.4. The summed E-state index contributed by atoms with van der Waals surface area (Å²) in [5.41, 5.74) is 12.3. The highest BCUT2D eigenvalue weighted by molar-refractivity contribution is 6.30. The Morgan fingerprint density at radius 3 is 1.49 bits per heavy atom. The molecule has 0 saturated heterocycles. The minimum absolute atomic E-state index is 0.0690. The molecule has 3 unspecified atom stereocenters. The molecule has 0 spiro atoms. The van der Waals surface area contributed by atoms with Crippen molar-refractivity contribution in [3.8, 4) is 22.8 Å². The molecule has 22 nitrogen and oxygen atoms in total. The Kier molecular flexibility index (Phi) is 19.5. The van der Waals surface area contributed by atoms with Crippen LogP contribution < -0.4 is 20.3 Å². The summed E-state index contributed by atoms with van der Waals surface area (Å²) in [5.74, 6) is 4.87. The third-order valence-corrected chi connectivity index (χ3v) is 13.2. The lowest BCUT2D eigenvalue weighted by Gasteiger charge is -2.27. The van der Waals surface area contributed by atoms with Crippen LogP contribution in [0.1, 0.15) is 92.2 Å². The van der Waals surface area contributed by atoms with Crippen LogP contribution in [0.4, 0.5) is 17.5 Å². The Morgan fingerprint density at radius 2 is 1.03 bits per heavy atom. The number of nitrogens with one attached hydrogen (secondary N) is 2. The Labute approximate surface area is 460 Å². The second-order valence-corrected chi connectivity index (χ2v) is 19.5. The smallest absolute Gasteiger partial charge is 0.189 e. The molecule has 0 fully saturated rings. The third-order valence-electron chi connectivity index (χ3n) is 13.0. The number of methoxy groups -OCH3 is 3. The molecule has 6 aromatic heterocycles. The van der Waals surface area contributed by atoms with Crippen LogP contribution in [0.25, 0.3) is 50.6 Å². The number of hydrogen-bond donors (Lipinski definition) is 2. The molecule has 0 radical (unpaired) electrons. The third kappa shape index (κ3) is 13.1. The molecule has 0 bridgehead atoms. The minimum atomic E-state index is -0.0690. The highest BCUT2D eigenvalue weighted by Gasteiger charge is 2.24. The molecule has 3 aromatic carbocycles. The first-order chi connectivity index (χ1) is 37.5. The lowest BCUT2D eigenvalue weighted by atomic mass is 10.1. The van der Waals surface area contributed by atoms with Gasteiger partial charge < -0.3 is 34.5 Å². The number of benzene rings is 3. The van der Waals surface area contributed by atoms with E-state index in [-0.39, 0.29) is 18.3 Å². The summed E-state index contributed by atoms with van der Waals surface area (Å²) < 4.78 is 26.9. The van der Waals surface area contributed by atoms with Gasteiger partial charge in [0.2, 0.25) is 0 Å². The molecule has 2 N–H and O–H groups in total. The maximum Gasteiger partial charge on any atom is 0.189 e. The molecule has 0 aliphatic carbocycles. The van der Waals surface area contributed by atoms with Crippen LogP contribution in [0.2, 0.25) is 5.02 Å². The maximum atomic E-state index is 6.06. The fraction of sp³-hybridized carbons (Fsp3) is 0.455. The van der Waals surface area contributed by atoms with Crippen LogP contribution in [0.15, 0.2) is 48.5 Å². The normalized spacial score (nSPS) is 12.5. The number of aromatic nitrogens is 15. The van der Waals surface area contributed by atoms with Gasteiger partial charge in [0.25, 0.3) is 0 Å². The Bertz CT molecular complexity index is 3470. The van der Waals surface area contributed by atoms with Gasteiger partial charge in [-0.25, -0.2) is 29.9 Å². The van der Waals surface area contributed by atoms with Gasteiger partial charge in [-0.15, -0.1) is 15.3 Å². The van der Waals surface area contributed by atoms with E-state index in [0.717, 1.165) is 70.1 Å². The monoisotopic (exact) mass is 1080 g/mol. The first-order valence-electron chi connectivity index (χ1n) is 26.1. The van der Waals surface area contributed by atoms with Crippen molar-refractivity contribution in [3.63, 3.8) is 0 Å². The van der Waals surface area contributed by atoms with E-state index in [4.69, 9.17) is 30.5 Å². The van der Waals surface area contributed by atoms with Gasteiger partial charge in [0.05, 0.1) is 49.5 Å². The van der Waals surface area contributed by atoms with Crippen LogP contribution in [-0.4, -0.2) is 141 Å². The van der Waals surface area contributed by atoms with Gasteiger partial charge in [-0.1, -0.05) is 65.7 Å². The van der Waals surface area contributed by atoms with Gasteiger partial charge in [0.1, 0.15) is 29.5 Å². The molecule has 9 rings (SSSR count). The van der Waals surface area contributed by atoms with Gasteiger partial charge in [0.15, 0.2) is 50.9 Å². The van der Waals surface area contributed by atoms with Crippen LogP contribution in [-0.2, 0) is 14.2 Å². The molecule has 3 atom stereocenters. The minimum Gasteiger partial charge on any atom is -0.497 e. The topological polar surface area (TPSA) is 234 Å². The summed E-state index contributed by atoms with van der Waals surface area (Å²) in [7, 11) is 7.00. The van der Waals surface area contributed by atoms with E-state index in [1.165, 1.54) is 5.56 Å². The van der Waals surface area contributed by atoms with Crippen LogP contribution in [0.3, 0.4) is 0 Å². The molecule has 23 heteroatoms. The number of nitrogens with zero attached hydrogens (tertiary/aromatic N) is 16. The number of halogens is 1. The zero-order valence-corrected chi connectivity index (χ0v) is 48.5. The molecule has 9 aromatic rings. The SMILES string of the molecule is CCC(COC)Nc1nc(C)nc2c1nnn2-c1ccc(Cl)cc1C.CCC(COC)Nc1nc(C)nc2c1nnn2-c1ccc(OC)cc1C.CCOC(CC)N(C)c1nc(C)nc2c1nnn2-c1c(C)cc(C)cc1C. The van der Waals surface area contributed by atoms with Gasteiger partial charge in [-0.05, 0) is 140 Å². The molecule has 78 heavy (non-hydrogen) atoms. The highest BCUT2D eigenvalue weighted by atomic mass is 35.5. The van der Waals surface area contributed by atoms with Gasteiger partial charge in [-0.3, -0.25) is 0 Å². The standard InChI is InChI=1S/C20H28N6O.C18H24N6O2.C17H21ClN6O/c1-8-16(27-9-2)25(7)19-17-20(22-15(6)21-19)26(24-23-17)18-13(4)10-12(3)11-14(18)5;1-6-13(10-25-4)21-17-16-18(20-12(3)19-17)24(23-22-16)15-8-7-14(26-5)9-11(15)2;1-5-13(9-25-4)21-16-15-17(20-11(3)19-16)24(23-22-15)14-7-6-12(18)8-10(14)2/h10-11,16H,8-9H2,1-7H3;7-9,13H,6,10H2,1-5H3,(H,19,20,21);6-8,13H,5,9H2,1-4H3,(H,19,20,21). The van der Waals surface area contributed by atoms with Crippen molar-refractivity contribution in [1.82, 2.24) is 74.9 Å². The largest absolute Gasteiger partial charge is 0.497 e. The van der Waals surface area contributed by atoms with Gasteiger partial charge in [-0.2, -0.15) is 14.0 Å². The summed E-state index contributed by atoms with van der Waals surface area (Å²) in [6, 6.07) is 16.0. The van der Waals surface area contributed by atoms with E-state index < -0.39 is 0 Å². The van der Waals surface area contributed by atoms with Crippen molar-refractivity contribution in [3.05, 3.63) is 98.8 Å². The molecule has 6 heterocycles. The number of ether oxygens (including phenoxy) is 4. The molecular weight excluding hydrogens is 1010 g/mol. The van der Waals surface area contributed by atoms with Crippen molar-refractivity contribution in [2.75, 3.05) is 63.7 Å². The zero-order valence-electron chi connectivity index (χ0n) is 47.8. The summed E-state index contributed by atoms with van der Waals surface area (Å²) >= 11 is 6.06. The van der Waals surface area contributed by atoms with Crippen LogP contribution in [0, 0.1) is 55.4 Å². The molecule has 0 aliphatic heterocycles. The number of rotatable bonds is 19. The second-order valence-electron chi connectivity index (χ2n) is 19.0. The lowest BCUT2D eigenvalue weighted by molar-refractivity contribution is 0.0608. The quantitative estimate of drug-likeness (QED) is 0.0717. The molecule has 0 aliphatic rings. The van der Waals surface area contributed by atoms with Gasteiger partial charge >= 0.3 is 0 Å². The number of fused-ring (bicyclic) bond motifs is 3. The number of anilines is 3.